The Bertz CT molecular complexity index is 682. The van der Waals surface area contributed by atoms with Gasteiger partial charge < -0.3 is 9.50 Å². The van der Waals surface area contributed by atoms with Crippen molar-refractivity contribution in [3.63, 3.8) is 0 Å². The molecule has 2 aromatic rings. The van der Waals surface area contributed by atoms with Crippen molar-refractivity contribution in [2.75, 3.05) is 6.54 Å². The van der Waals surface area contributed by atoms with Crippen LogP contribution in [-0.4, -0.2) is 18.7 Å². The lowest BCUT2D eigenvalue weighted by molar-refractivity contribution is -0.191. The van der Waals surface area contributed by atoms with Crippen LogP contribution in [0.2, 0.25) is 0 Å². The molecule has 1 heterocycles. The lowest BCUT2D eigenvalue weighted by Gasteiger charge is -2.33. The molecule has 0 saturated heterocycles. The second-order valence-electron chi connectivity index (χ2n) is 5.90. The second kappa shape index (κ2) is 10.4. The average molecular weight is 378 g/mol. The highest BCUT2D eigenvalue weighted by Gasteiger charge is 2.28. The van der Waals surface area contributed by atoms with Crippen LogP contribution in [0.25, 0.3) is 0 Å². The van der Waals surface area contributed by atoms with Crippen LogP contribution < -0.4 is 9.50 Å². The molecule has 0 saturated carbocycles. The van der Waals surface area contributed by atoms with Gasteiger partial charge in [0.1, 0.15) is 22.0 Å². The number of benzene rings is 1. The third-order valence-electron chi connectivity index (χ3n) is 4.31. The fraction of sp³-hybridized carbons (Fsp3) is 0.421. The summed E-state index contributed by atoms with van der Waals surface area (Å²) in [5.41, 5.74) is 2.85. The van der Waals surface area contributed by atoms with E-state index in [-0.39, 0.29) is 6.15 Å². The Morgan fingerprint density at radius 2 is 2.12 bits per heavy atom. The molecule has 0 fully saturated rings. The molecule has 0 amide bonds. The van der Waals surface area contributed by atoms with E-state index in [1.54, 1.807) is 11.3 Å². The monoisotopic (exact) mass is 377 g/mol. The summed E-state index contributed by atoms with van der Waals surface area (Å²) in [5, 5.41) is 5.78. The van der Waals surface area contributed by atoms with Crippen molar-refractivity contribution in [1.82, 2.24) is 5.32 Å². The van der Waals surface area contributed by atoms with Gasteiger partial charge in [0.2, 0.25) is 0 Å². The topological polar surface area (TPSA) is 55.4 Å². The van der Waals surface area contributed by atoms with Gasteiger partial charge in [0.15, 0.2) is 0 Å². The molecular formula is C19H23NO3S2. The van der Waals surface area contributed by atoms with E-state index in [0.29, 0.717) is 12.0 Å². The molecule has 2 unspecified atom stereocenters. The lowest BCUT2D eigenvalue weighted by atomic mass is 9.79. The predicted molar refractivity (Wildman–Crippen MR) is 101 cm³/mol. The van der Waals surface area contributed by atoms with Gasteiger partial charge in [-0.3, -0.25) is 0 Å². The zero-order valence-corrected chi connectivity index (χ0v) is 16.1. The molecule has 2 atom stereocenters. The van der Waals surface area contributed by atoms with Gasteiger partial charge in [0.05, 0.1) is 0 Å². The molecule has 25 heavy (non-hydrogen) atoms. The Kier molecular flexibility index (Phi) is 8.22. The highest BCUT2D eigenvalue weighted by atomic mass is 32.2. The predicted octanol–water partition coefficient (Wildman–Crippen LogP) is 4.67. The Morgan fingerprint density at radius 1 is 1.32 bits per heavy atom. The lowest BCUT2D eigenvalue weighted by Crippen LogP contribution is -2.37. The number of rotatable bonds is 6. The van der Waals surface area contributed by atoms with Crippen molar-refractivity contribution in [1.29, 1.82) is 0 Å². The Morgan fingerprint density at radius 3 is 2.80 bits per heavy atom. The molecule has 1 aliphatic carbocycles. The molecule has 0 radical (unpaired) electrons. The fourth-order valence-corrected chi connectivity index (χ4v) is 4.49. The number of hydrogen-bond donors (Lipinski definition) is 1. The first-order chi connectivity index (χ1) is 12.2. The number of carbonyl (C=O) groups excluding carboxylic acids is 2. The number of hydrogen-bond acceptors (Lipinski definition) is 6. The van der Waals surface area contributed by atoms with Crippen LogP contribution in [0.1, 0.15) is 43.7 Å². The number of nitrogens with one attached hydrogen (secondary N) is 1. The minimum absolute atomic E-state index is 0.250. The van der Waals surface area contributed by atoms with Gasteiger partial charge in [-0.2, -0.15) is 9.59 Å². The third-order valence-corrected chi connectivity index (χ3v) is 6.02. The molecule has 0 bridgehead atoms. The highest BCUT2D eigenvalue weighted by Crippen LogP contribution is 2.40. The minimum atomic E-state index is 0.250. The number of aryl methyl sites for hydroxylation is 1. The highest BCUT2D eigenvalue weighted by molar-refractivity contribution is 7.97. The SMILES string of the molecule is CCCNC1CCc2cccc(OSc3cccs3)c2C1C.O=C=O. The number of thiophene rings is 1. The summed E-state index contributed by atoms with van der Waals surface area (Å²) < 4.78 is 7.27. The maximum atomic E-state index is 8.12. The van der Waals surface area contributed by atoms with Gasteiger partial charge in [0.25, 0.3) is 0 Å². The summed E-state index contributed by atoms with van der Waals surface area (Å²) in [4.78, 5) is 16.2. The molecule has 1 aliphatic rings. The Balaban J connectivity index is 0.000000701. The Hall–Kier alpha value is -1.59. The summed E-state index contributed by atoms with van der Waals surface area (Å²) in [6, 6.07) is 11.2. The first-order valence-electron chi connectivity index (χ1n) is 8.43. The molecule has 0 aliphatic heterocycles. The molecule has 1 aromatic heterocycles. The fourth-order valence-electron chi connectivity index (χ4n) is 3.16. The van der Waals surface area contributed by atoms with Crippen molar-refractivity contribution in [3.8, 4) is 5.75 Å². The summed E-state index contributed by atoms with van der Waals surface area (Å²) in [7, 11) is 0. The van der Waals surface area contributed by atoms with E-state index in [4.69, 9.17) is 13.8 Å². The van der Waals surface area contributed by atoms with Crippen LogP contribution in [-0.2, 0) is 16.0 Å². The van der Waals surface area contributed by atoms with Gasteiger partial charge in [-0.05, 0) is 48.9 Å². The number of fused-ring (bicyclic) bond motifs is 1. The second-order valence-corrected chi connectivity index (χ2v) is 7.88. The molecule has 4 nitrogen and oxygen atoms in total. The molecule has 3 rings (SSSR count). The van der Waals surface area contributed by atoms with E-state index in [9.17, 15) is 0 Å². The van der Waals surface area contributed by atoms with Crippen LogP contribution >= 0.6 is 23.4 Å². The summed E-state index contributed by atoms with van der Waals surface area (Å²) in [6.45, 7) is 5.64. The molecular weight excluding hydrogens is 354 g/mol. The van der Waals surface area contributed by atoms with E-state index < -0.39 is 0 Å². The van der Waals surface area contributed by atoms with Crippen molar-refractivity contribution in [3.05, 3.63) is 46.8 Å². The maximum absolute atomic E-state index is 8.12. The van der Waals surface area contributed by atoms with Crippen LogP contribution in [0.3, 0.4) is 0 Å². The van der Waals surface area contributed by atoms with Gasteiger partial charge in [-0.1, -0.05) is 32.0 Å². The molecule has 0 spiro atoms. The third kappa shape index (κ3) is 5.44. The van der Waals surface area contributed by atoms with Crippen molar-refractivity contribution in [2.24, 2.45) is 0 Å². The van der Waals surface area contributed by atoms with Gasteiger partial charge in [-0.15, -0.1) is 11.3 Å². The normalized spacial score (nSPS) is 18.5. The zero-order chi connectivity index (χ0) is 18.1. The van der Waals surface area contributed by atoms with E-state index in [2.05, 4.69) is 54.9 Å². The smallest absolute Gasteiger partial charge is 0.373 e. The molecule has 1 aromatic carbocycles. The minimum Gasteiger partial charge on any atom is -0.420 e. The van der Waals surface area contributed by atoms with Gasteiger partial charge >= 0.3 is 6.15 Å². The molecule has 134 valence electrons. The molecule has 1 N–H and O–H groups in total. The van der Waals surface area contributed by atoms with Crippen LogP contribution in [0, 0.1) is 0 Å². The van der Waals surface area contributed by atoms with Crippen molar-refractivity contribution < 1.29 is 13.8 Å². The van der Waals surface area contributed by atoms with Gasteiger partial charge in [-0.25, -0.2) is 0 Å². The van der Waals surface area contributed by atoms with Crippen molar-refractivity contribution >= 4 is 29.5 Å². The quantitative estimate of drug-likeness (QED) is 0.742. The van der Waals surface area contributed by atoms with E-state index in [1.807, 2.05) is 0 Å². The van der Waals surface area contributed by atoms with Crippen LogP contribution in [0.5, 0.6) is 5.75 Å². The van der Waals surface area contributed by atoms with E-state index in [1.165, 1.54) is 40.2 Å². The largest absolute Gasteiger partial charge is 0.420 e. The van der Waals surface area contributed by atoms with Crippen LogP contribution in [0.4, 0.5) is 0 Å². The van der Waals surface area contributed by atoms with Crippen molar-refractivity contribution in [2.45, 2.75) is 49.3 Å². The standard InChI is InChI=1S/C18H23NOS2.CO2/c1-3-11-19-15-10-9-14-6-4-7-16(18(14)13(15)2)20-22-17-8-5-12-21-17;2-1-3/h4-8,12-13,15,19H,3,9-11H2,1-2H3;. The molecule has 6 heteroatoms. The first kappa shape index (κ1) is 19.7. The van der Waals surface area contributed by atoms with Gasteiger partial charge in [0, 0.05) is 17.5 Å². The summed E-state index contributed by atoms with van der Waals surface area (Å²) in [6.07, 6.45) is 3.79. The first-order valence-corrected chi connectivity index (χ1v) is 10.1. The maximum Gasteiger partial charge on any atom is 0.373 e. The Labute approximate surface area is 157 Å². The average Bonchev–Trinajstić information content (AvgIpc) is 3.13. The zero-order valence-electron chi connectivity index (χ0n) is 14.5. The summed E-state index contributed by atoms with van der Waals surface area (Å²) in [5.74, 6) is 1.53. The van der Waals surface area contributed by atoms with Crippen LogP contribution in [0.15, 0.2) is 39.9 Å². The summed E-state index contributed by atoms with van der Waals surface area (Å²) >= 11 is 3.19. The van der Waals surface area contributed by atoms with E-state index in [0.717, 1.165) is 18.7 Å². The van der Waals surface area contributed by atoms with E-state index >= 15 is 0 Å².